The second-order valence-corrected chi connectivity index (χ2v) is 5.37. The Balaban J connectivity index is 2.11. The lowest BCUT2D eigenvalue weighted by Gasteiger charge is -2.07. The van der Waals surface area contributed by atoms with Gasteiger partial charge < -0.3 is 10.5 Å². The molecule has 0 saturated carbocycles. The van der Waals surface area contributed by atoms with Crippen LogP contribution in [0, 0.1) is 5.82 Å². The molecule has 0 fully saturated rings. The van der Waals surface area contributed by atoms with Gasteiger partial charge in [-0.15, -0.1) is 10.2 Å². The second-order valence-electron chi connectivity index (χ2n) is 3.02. The summed E-state index contributed by atoms with van der Waals surface area (Å²) in [6.07, 6.45) is 0. The molecule has 1 aromatic carbocycles. The van der Waals surface area contributed by atoms with Crippen LogP contribution in [0.5, 0.6) is 5.75 Å². The van der Waals surface area contributed by atoms with E-state index in [1.165, 1.54) is 23.5 Å². The molecule has 2 rings (SSSR count). The fourth-order valence-corrected chi connectivity index (χ4v) is 2.36. The molecule has 0 aliphatic heterocycles. The molecule has 0 spiro atoms. The molecular formula is C9H6BrClFN3OS. The third kappa shape index (κ3) is 3.05. The van der Waals surface area contributed by atoms with E-state index in [0.29, 0.717) is 20.4 Å². The zero-order valence-corrected chi connectivity index (χ0v) is 11.4. The summed E-state index contributed by atoms with van der Waals surface area (Å²) in [6, 6.07) is 2.64. The third-order valence-electron chi connectivity index (χ3n) is 1.81. The maximum absolute atomic E-state index is 13.2. The number of benzene rings is 1. The number of nitrogens with zero attached hydrogens (tertiary/aromatic N) is 2. The molecule has 2 aromatic rings. The van der Waals surface area contributed by atoms with E-state index in [1.54, 1.807) is 0 Å². The number of nitrogens with two attached hydrogens (primary N) is 1. The number of hydrogen-bond acceptors (Lipinski definition) is 5. The van der Waals surface area contributed by atoms with Gasteiger partial charge in [-0.2, -0.15) is 0 Å². The predicted molar refractivity (Wildman–Crippen MR) is 67.8 cm³/mol. The highest BCUT2D eigenvalue weighted by Crippen LogP contribution is 2.31. The molecule has 8 heteroatoms. The molecule has 0 atom stereocenters. The van der Waals surface area contributed by atoms with E-state index < -0.39 is 5.82 Å². The fraction of sp³-hybridized carbons (Fsp3) is 0.111. The lowest BCUT2D eigenvalue weighted by Crippen LogP contribution is -1.96. The highest BCUT2D eigenvalue weighted by molar-refractivity contribution is 9.10. The van der Waals surface area contributed by atoms with Crippen molar-refractivity contribution in [3.05, 3.63) is 32.5 Å². The third-order valence-corrected chi connectivity index (χ3v) is 3.44. The molecule has 0 amide bonds. The molecule has 0 aliphatic rings. The normalized spacial score (nSPS) is 10.5. The van der Waals surface area contributed by atoms with Gasteiger partial charge in [-0.25, -0.2) is 4.39 Å². The van der Waals surface area contributed by atoms with E-state index in [-0.39, 0.29) is 11.6 Å². The van der Waals surface area contributed by atoms with Crippen LogP contribution < -0.4 is 10.5 Å². The van der Waals surface area contributed by atoms with E-state index in [0.717, 1.165) is 0 Å². The minimum atomic E-state index is -0.540. The summed E-state index contributed by atoms with van der Waals surface area (Å²) in [5, 5.41) is 8.44. The molecule has 0 aliphatic carbocycles. The maximum Gasteiger partial charge on any atom is 0.203 e. The topological polar surface area (TPSA) is 61.0 Å². The highest BCUT2D eigenvalue weighted by atomic mass is 79.9. The van der Waals surface area contributed by atoms with Gasteiger partial charge in [-0.3, -0.25) is 0 Å². The van der Waals surface area contributed by atoms with Gasteiger partial charge in [0.25, 0.3) is 0 Å². The zero-order chi connectivity index (χ0) is 12.4. The summed E-state index contributed by atoms with van der Waals surface area (Å²) in [5.41, 5.74) is 5.42. The molecule has 0 radical (unpaired) electrons. The Morgan fingerprint density at radius 2 is 2.24 bits per heavy atom. The molecule has 4 nitrogen and oxygen atoms in total. The summed E-state index contributed by atoms with van der Waals surface area (Å²) in [6.45, 7) is 0.175. The van der Waals surface area contributed by atoms with Crippen LogP contribution in [0.15, 0.2) is 16.6 Å². The lowest BCUT2D eigenvalue weighted by atomic mass is 10.3. The zero-order valence-electron chi connectivity index (χ0n) is 8.28. The van der Waals surface area contributed by atoms with Crippen LogP contribution in [0.25, 0.3) is 0 Å². The van der Waals surface area contributed by atoms with Crippen LogP contribution in [0.3, 0.4) is 0 Å². The summed E-state index contributed by atoms with van der Waals surface area (Å²) in [5.74, 6) is -0.192. The average molecular weight is 339 g/mol. The van der Waals surface area contributed by atoms with E-state index >= 15 is 0 Å². The smallest absolute Gasteiger partial charge is 0.203 e. The Labute approximate surface area is 114 Å². The molecule has 0 saturated heterocycles. The highest BCUT2D eigenvalue weighted by Gasteiger charge is 2.09. The number of anilines is 1. The van der Waals surface area contributed by atoms with Crippen molar-refractivity contribution >= 4 is 44.0 Å². The van der Waals surface area contributed by atoms with E-state index in [1.807, 2.05) is 0 Å². The summed E-state index contributed by atoms with van der Waals surface area (Å²) in [7, 11) is 0. The van der Waals surface area contributed by atoms with Gasteiger partial charge in [0, 0.05) is 6.07 Å². The van der Waals surface area contributed by atoms with Crippen molar-refractivity contribution in [2.45, 2.75) is 6.61 Å². The molecular weight excluding hydrogens is 333 g/mol. The standard InChI is InChI=1S/C9H6BrClFN3OS/c10-4-1-5(11)6(12)2-7(4)16-3-8-14-15-9(13)17-8/h1-2H,3H2,(H2,13,15). The summed E-state index contributed by atoms with van der Waals surface area (Å²) in [4.78, 5) is 0. The first kappa shape index (κ1) is 12.5. The van der Waals surface area contributed by atoms with Gasteiger partial charge in [-0.05, 0) is 22.0 Å². The van der Waals surface area contributed by atoms with Crippen LogP contribution in [0.4, 0.5) is 9.52 Å². The van der Waals surface area contributed by atoms with Crippen molar-refractivity contribution in [2.24, 2.45) is 0 Å². The fourth-order valence-electron chi connectivity index (χ4n) is 1.08. The Kier molecular flexibility index (Phi) is 3.80. The average Bonchev–Trinajstić information content (AvgIpc) is 2.68. The van der Waals surface area contributed by atoms with Crippen molar-refractivity contribution in [3.8, 4) is 5.75 Å². The van der Waals surface area contributed by atoms with E-state index in [2.05, 4.69) is 26.1 Å². The van der Waals surface area contributed by atoms with Gasteiger partial charge >= 0.3 is 0 Å². The van der Waals surface area contributed by atoms with Gasteiger partial charge in [0.1, 0.15) is 18.2 Å². The van der Waals surface area contributed by atoms with Crippen molar-refractivity contribution in [3.63, 3.8) is 0 Å². The molecule has 17 heavy (non-hydrogen) atoms. The summed E-state index contributed by atoms with van der Waals surface area (Å²) < 4.78 is 19.2. The first-order valence-electron chi connectivity index (χ1n) is 4.41. The van der Waals surface area contributed by atoms with Crippen LogP contribution >= 0.6 is 38.9 Å². The van der Waals surface area contributed by atoms with Crippen LogP contribution in [0.1, 0.15) is 5.01 Å². The van der Waals surface area contributed by atoms with Gasteiger partial charge in [0.15, 0.2) is 5.01 Å². The predicted octanol–water partition coefficient (Wildman–Crippen LogP) is 3.25. The molecule has 0 bridgehead atoms. The van der Waals surface area contributed by atoms with Crippen molar-refractivity contribution in [1.29, 1.82) is 0 Å². The Bertz CT molecular complexity index is 551. The number of rotatable bonds is 3. The van der Waals surface area contributed by atoms with Crippen LogP contribution in [-0.4, -0.2) is 10.2 Å². The first-order chi connectivity index (χ1) is 8.06. The number of ether oxygens (including phenoxy) is 1. The SMILES string of the molecule is Nc1nnc(COc2cc(F)c(Cl)cc2Br)s1. The minimum absolute atomic E-state index is 0.0318. The molecule has 0 unspecified atom stereocenters. The monoisotopic (exact) mass is 337 g/mol. The second kappa shape index (κ2) is 5.16. The minimum Gasteiger partial charge on any atom is -0.485 e. The first-order valence-corrected chi connectivity index (χ1v) is 6.40. The van der Waals surface area contributed by atoms with Gasteiger partial charge in [0.05, 0.1) is 9.50 Å². The number of halogens is 3. The molecule has 2 N–H and O–H groups in total. The molecule has 90 valence electrons. The van der Waals surface area contributed by atoms with Crippen LogP contribution in [0.2, 0.25) is 5.02 Å². The lowest BCUT2D eigenvalue weighted by molar-refractivity contribution is 0.301. The molecule has 1 aromatic heterocycles. The summed E-state index contributed by atoms with van der Waals surface area (Å²) >= 11 is 10.1. The Hall–Kier alpha value is -0.920. The van der Waals surface area contributed by atoms with Gasteiger partial charge in [0.2, 0.25) is 5.13 Å². The van der Waals surface area contributed by atoms with Crippen LogP contribution in [-0.2, 0) is 6.61 Å². The van der Waals surface area contributed by atoms with Crippen molar-refractivity contribution < 1.29 is 9.13 Å². The van der Waals surface area contributed by atoms with Crippen molar-refractivity contribution in [2.75, 3.05) is 5.73 Å². The maximum atomic E-state index is 13.2. The number of nitrogen functional groups attached to an aromatic ring is 1. The van der Waals surface area contributed by atoms with E-state index in [4.69, 9.17) is 22.1 Å². The number of aromatic nitrogens is 2. The van der Waals surface area contributed by atoms with Crippen molar-refractivity contribution in [1.82, 2.24) is 10.2 Å². The van der Waals surface area contributed by atoms with E-state index in [9.17, 15) is 4.39 Å². The quantitative estimate of drug-likeness (QED) is 0.873. The Morgan fingerprint density at radius 1 is 1.47 bits per heavy atom. The number of hydrogen-bond donors (Lipinski definition) is 1. The largest absolute Gasteiger partial charge is 0.485 e. The van der Waals surface area contributed by atoms with Gasteiger partial charge in [-0.1, -0.05) is 22.9 Å². The molecule has 1 heterocycles. The Morgan fingerprint density at radius 3 is 2.88 bits per heavy atom.